The van der Waals surface area contributed by atoms with Crippen LogP contribution in [0.5, 0.6) is 0 Å². The van der Waals surface area contributed by atoms with Crippen molar-refractivity contribution in [1.82, 2.24) is 9.13 Å². The van der Waals surface area contributed by atoms with Gasteiger partial charge in [-0.3, -0.25) is 0 Å². The van der Waals surface area contributed by atoms with Crippen LogP contribution in [-0.4, -0.2) is 9.13 Å². The van der Waals surface area contributed by atoms with Crippen molar-refractivity contribution in [1.29, 1.82) is 0 Å². The first-order valence-electron chi connectivity index (χ1n) is 21.3. The van der Waals surface area contributed by atoms with Crippen LogP contribution in [0.15, 0.2) is 243 Å². The molecule has 10 aromatic carbocycles. The second kappa shape index (κ2) is 14.8. The smallest absolute Gasteiger partial charge is 0.0541 e. The second-order valence-corrected chi connectivity index (χ2v) is 16.2. The summed E-state index contributed by atoms with van der Waals surface area (Å²) in [5, 5.41) is 4.94. The third-order valence-corrected chi connectivity index (χ3v) is 12.5. The lowest BCUT2D eigenvalue weighted by molar-refractivity contribution is 1.18. The maximum absolute atomic E-state index is 2.43. The van der Waals surface area contributed by atoms with Crippen LogP contribution in [0.1, 0.15) is 0 Å². The van der Waals surface area contributed by atoms with Crippen LogP contribution in [0, 0.1) is 0 Å². The molecule has 0 aliphatic heterocycles. The van der Waals surface area contributed by atoms with Crippen molar-refractivity contribution in [3.63, 3.8) is 0 Å². The predicted octanol–water partition coefficient (Wildman–Crippen LogP) is 16.2. The first-order valence-corrected chi connectivity index (χ1v) is 21.3. The number of nitrogens with zero attached hydrogens (tertiary/aromatic N) is 2. The van der Waals surface area contributed by atoms with Gasteiger partial charge in [-0.1, -0.05) is 158 Å². The third kappa shape index (κ3) is 6.12. The summed E-state index contributed by atoms with van der Waals surface area (Å²) in [7, 11) is 0. The van der Waals surface area contributed by atoms with Crippen molar-refractivity contribution in [2.24, 2.45) is 0 Å². The maximum atomic E-state index is 2.43. The maximum Gasteiger partial charge on any atom is 0.0541 e. The zero-order valence-electron chi connectivity index (χ0n) is 34.0. The quantitative estimate of drug-likeness (QED) is 0.152. The molecule has 2 nitrogen and oxygen atoms in total. The van der Waals surface area contributed by atoms with E-state index in [-0.39, 0.29) is 0 Å². The molecule has 62 heavy (non-hydrogen) atoms. The van der Waals surface area contributed by atoms with Crippen molar-refractivity contribution in [3.05, 3.63) is 243 Å². The molecule has 0 fully saturated rings. The van der Waals surface area contributed by atoms with Crippen molar-refractivity contribution in [2.75, 3.05) is 0 Å². The summed E-state index contributed by atoms with van der Waals surface area (Å²) < 4.78 is 4.81. The van der Waals surface area contributed by atoms with E-state index in [0.29, 0.717) is 0 Å². The summed E-state index contributed by atoms with van der Waals surface area (Å²) in [6.07, 6.45) is 0. The molecule has 0 radical (unpaired) electrons. The summed E-state index contributed by atoms with van der Waals surface area (Å²) >= 11 is 0. The zero-order valence-corrected chi connectivity index (χ0v) is 34.0. The van der Waals surface area contributed by atoms with E-state index in [4.69, 9.17) is 0 Å². The minimum atomic E-state index is 1.14. The van der Waals surface area contributed by atoms with E-state index in [9.17, 15) is 0 Å². The number of para-hydroxylation sites is 2. The van der Waals surface area contributed by atoms with Crippen LogP contribution < -0.4 is 0 Å². The minimum Gasteiger partial charge on any atom is -0.309 e. The molecule has 2 aromatic heterocycles. The van der Waals surface area contributed by atoms with E-state index in [2.05, 4.69) is 252 Å². The lowest BCUT2D eigenvalue weighted by Gasteiger charge is -2.12. The van der Waals surface area contributed by atoms with E-state index in [1.165, 1.54) is 105 Å². The molecule has 12 rings (SSSR count). The number of aromatic nitrogens is 2. The Morgan fingerprint density at radius 2 is 0.484 bits per heavy atom. The SMILES string of the molecule is c1ccc(-c2ccc(-n3c4ccc(-c5cc(-c6ccccc6)cc(-c6ccccc6)c5)cc4c4cc(-c5ccc6c(c5)c5ccccc5n6-c5ccccc5)ccc43)cc2)cc1. The monoisotopic (exact) mass is 788 g/mol. The van der Waals surface area contributed by atoms with Gasteiger partial charge in [0.1, 0.15) is 0 Å². The molecule has 2 heteroatoms. The fourth-order valence-electron chi connectivity index (χ4n) is 9.49. The molecule has 0 unspecified atom stereocenters. The van der Waals surface area contributed by atoms with Crippen LogP contribution in [0.3, 0.4) is 0 Å². The van der Waals surface area contributed by atoms with Gasteiger partial charge in [0.2, 0.25) is 0 Å². The van der Waals surface area contributed by atoms with E-state index in [0.717, 1.165) is 5.69 Å². The predicted molar refractivity (Wildman–Crippen MR) is 262 cm³/mol. The number of hydrogen-bond acceptors (Lipinski definition) is 0. The molecule has 0 spiro atoms. The molecule has 12 aromatic rings. The van der Waals surface area contributed by atoms with E-state index < -0.39 is 0 Å². The Hall–Kier alpha value is -8.20. The fraction of sp³-hybridized carbons (Fsp3) is 0. The van der Waals surface area contributed by atoms with Crippen LogP contribution in [0.2, 0.25) is 0 Å². The van der Waals surface area contributed by atoms with E-state index in [1.807, 2.05) is 0 Å². The average Bonchev–Trinajstić information content (AvgIpc) is 3.87. The van der Waals surface area contributed by atoms with Crippen LogP contribution >= 0.6 is 0 Å². The van der Waals surface area contributed by atoms with Crippen molar-refractivity contribution in [3.8, 4) is 67.0 Å². The third-order valence-electron chi connectivity index (χ3n) is 12.5. The zero-order chi connectivity index (χ0) is 41.0. The van der Waals surface area contributed by atoms with Gasteiger partial charge in [-0.2, -0.15) is 0 Å². The Labute approximate surface area is 360 Å². The number of fused-ring (bicyclic) bond motifs is 6. The summed E-state index contributed by atoms with van der Waals surface area (Å²) in [4.78, 5) is 0. The normalized spacial score (nSPS) is 11.5. The number of benzene rings is 10. The van der Waals surface area contributed by atoms with Crippen LogP contribution in [0.4, 0.5) is 0 Å². The average molecular weight is 789 g/mol. The summed E-state index contributed by atoms with van der Waals surface area (Å²) in [5.74, 6) is 0. The molecule has 0 bridgehead atoms. The Morgan fingerprint density at radius 1 is 0.177 bits per heavy atom. The van der Waals surface area contributed by atoms with Gasteiger partial charge in [0.25, 0.3) is 0 Å². The van der Waals surface area contributed by atoms with E-state index in [1.54, 1.807) is 0 Å². The Balaban J connectivity index is 1.06. The number of hydrogen-bond donors (Lipinski definition) is 0. The molecule has 0 atom stereocenters. The lowest BCUT2D eigenvalue weighted by atomic mass is 9.93. The van der Waals surface area contributed by atoms with Gasteiger partial charge >= 0.3 is 0 Å². The molecule has 0 aliphatic rings. The number of rotatable bonds is 7. The molecule has 0 amide bonds. The lowest BCUT2D eigenvalue weighted by Crippen LogP contribution is -1.94. The highest BCUT2D eigenvalue weighted by molar-refractivity contribution is 6.13. The highest BCUT2D eigenvalue weighted by Crippen LogP contribution is 2.41. The molecule has 0 saturated heterocycles. The van der Waals surface area contributed by atoms with Gasteiger partial charge in [0, 0.05) is 32.9 Å². The topological polar surface area (TPSA) is 9.86 Å². The Morgan fingerprint density at radius 3 is 0.968 bits per heavy atom. The van der Waals surface area contributed by atoms with Crippen molar-refractivity contribution >= 4 is 43.6 Å². The highest BCUT2D eigenvalue weighted by Gasteiger charge is 2.18. The first-order chi connectivity index (χ1) is 30.7. The van der Waals surface area contributed by atoms with Gasteiger partial charge in [0.15, 0.2) is 0 Å². The standard InChI is InChI=1S/C60H40N2/c1-5-15-41(16-6-1)44-25-30-52(31-26-44)62-59-33-28-46(45-27-32-58-54(38-45)53-23-13-14-24-57(53)61(58)51-21-11-4-12-22-51)39-55(59)56-40-47(29-34-60(56)62)50-36-48(42-17-7-2-8-18-42)35-49(37-50)43-19-9-3-10-20-43/h1-40H. The van der Waals surface area contributed by atoms with Crippen LogP contribution in [0.25, 0.3) is 111 Å². The Bertz CT molecular complexity index is 3520. The van der Waals surface area contributed by atoms with Crippen molar-refractivity contribution in [2.45, 2.75) is 0 Å². The minimum absolute atomic E-state index is 1.14. The second-order valence-electron chi connectivity index (χ2n) is 16.2. The van der Waals surface area contributed by atoms with E-state index >= 15 is 0 Å². The van der Waals surface area contributed by atoms with Crippen molar-refractivity contribution < 1.29 is 0 Å². The fourth-order valence-corrected chi connectivity index (χ4v) is 9.49. The molecule has 0 N–H and O–H groups in total. The molecular formula is C60H40N2. The van der Waals surface area contributed by atoms with Gasteiger partial charge < -0.3 is 9.13 Å². The summed E-state index contributed by atoms with van der Waals surface area (Å²) in [6, 6.07) is 88.5. The van der Waals surface area contributed by atoms with Crippen LogP contribution in [-0.2, 0) is 0 Å². The molecular weight excluding hydrogens is 749 g/mol. The van der Waals surface area contributed by atoms with Gasteiger partial charge in [0.05, 0.1) is 22.1 Å². The summed E-state index contributed by atoms with van der Waals surface area (Å²) in [5.41, 5.74) is 19.1. The molecule has 290 valence electrons. The van der Waals surface area contributed by atoms with Gasteiger partial charge in [-0.25, -0.2) is 0 Å². The van der Waals surface area contributed by atoms with Gasteiger partial charge in [-0.15, -0.1) is 0 Å². The molecule has 0 saturated carbocycles. The molecule has 0 aliphatic carbocycles. The Kier molecular flexibility index (Phi) is 8.53. The highest BCUT2D eigenvalue weighted by atomic mass is 15.0. The largest absolute Gasteiger partial charge is 0.309 e. The summed E-state index contributed by atoms with van der Waals surface area (Å²) in [6.45, 7) is 0. The first kappa shape index (κ1) is 35.7. The molecule has 2 heterocycles. The van der Waals surface area contributed by atoms with Gasteiger partial charge in [-0.05, 0) is 141 Å².